The standard InChI is InChI=1S/C19H21FN2O3/c1-13(2)25-16-10-8-15(9-11-16)22(14(3)23)12-19(24)21-18-7-5-4-6-17(18)20/h4-11,13H,12H2,1-3H3,(H,21,24). The molecule has 0 bridgehead atoms. The Morgan fingerprint density at radius 1 is 1.12 bits per heavy atom. The smallest absolute Gasteiger partial charge is 0.244 e. The van der Waals surface area contributed by atoms with E-state index in [1.165, 1.54) is 30.0 Å². The Balaban J connectivity index is 2.09. The van der Waals surface area contributed by atoms with E-state index in [4.69, 9.17) is 4.74 Å². The van der Waals surface area contributed by atoms with Gasteiger partial charge in [-0.1, -0.05) is 12.1 Å². The molecule has 2 amide bonds. The molecule has 0 radical (unpaired) electrons. The van der Waals surface area contributed by atoms with Crippen LogP contribution >= 0.6 is 0 Å². The van der Waals surface area contributed by atoms with Crippen molar-refractivity contribution in [3.63, 3.8) is 0 Å². The van der Waals surface area contributed by atoms with Gasteiger partial charge in [-0.05, 0) is 50.2 Å². The number of nitrogens with one attached hydrogen (secondary N) is 1. The molecule has 0 aliphatic rings. The van der Waals surface area contributed by atoms with Crippen molar-refractivity contribution in [1.82, 2.24) is 0 Å². The molecule has 132 valence electrons. The van der Waals surface area contributed by atoms with Gasteiger partial charge in [-0.3, -0.25) is 9.59 Å². The molecule has 0 aliphatic carbocycles. The first kappa shape index (κ1) is 18.4. The second-order valence-electron chi connectivity index (χ2n) is 5.79. The van der Waals surface area contributed by atoms with Gasteiger partial charge in [0.2, 0.25) is 11.8 Å². The number of nitrogens with zero attached hydrogens (tertiary/aromatic N) is 1. The third-order valence-corrected chi connectivity index (χ3v) is 3.35. The van der Waals surface area contributed by atoms with E-state index in [9.17, 15) is 14.0 Å². The molecule has 25 heavy (non-hydrogen) atoms. The highest BCUT2D eigenvalue weighted by Crippen LogP contribution is 2.21. The lowest BCUT2D eigenvalue weighted by Gasteiger charge is -2.21. The molecule has 0 atom stereocenters. The number of benzene rings is 2. The molecule has 0 saturated heterocycles. The summed E-state index contributed by atoms with van der Waals surface area (Å²) in [5.41, 5.74) is 0.643. The van der Waals surface area contributed by atoms with E-state index in [1.54, 1.807) is 30.3 Å². The van der Waals surface area contributed by atoms with Crippen LogP contribution in [-0.4, -0.2) is 24.5 Å². The quantitative estimate of drug-likeness (QED) is 0.871. The summed E-state index contributed by atoms with van der Waals surface area (Å²) >= 11 is 0. The fourth-order valence-electron chi connectivity index (χ4n) is 2.26. The van der Waals surface area contributed by atoms with E-state index in [-0.39, 0.29) is 24.2 Å². The minimum Gasteiger partial charge on any atom is -0.491 e. The summed E-state index contributed by atoms with van der Waals surface area (Å²) < 4.78 is 19.2. The van der Waals surface area contributed by atoms with Crippen molar-refractivity contribution in [3.05, 3.63) is 54.3 Å². The lowest BCUT2D eigenvalue weighted by Crippen LogP contribution is -2.36. The fraction of sp³-hybridized carbons (Fsp3) is 0.263. The van der Waals surface area contributed by atoms with E-state index in [0.717, 1.165) is 0 Å². The second-order valence-corrected chi connectivity index (χ2v) is 5.79. The molecule has 0 fully saturated rings. The maximum Gasteiger partial charge on any atom is 0.244 e. The number of ether oxygens (including phenoxy) is 1. The van der Waals surface area contributed by atoms with Crippen molar-refractivity contribution in [1.29, 1.82) is 0 Å². The van der Waals surface area contributed by atoms with Gasteiger partial charge >= 0.3 is 0 Å². The van der Waals surface area contributed by atoms with Gasteiger partial charge in [-0.15, -0.1) is 0 Å². The minimum absolute atomic E-state index is 0.0429. The van der Waals surface area contributed by atoms with Crippen molar-refractivity contribution in [2.24, 2.45) is 0 Å². The number of hydrogen-bond donors (Lipinski definition) is 1. The van der Waals surface area contributed by atoms with Gasteiger partial charge in [-0.25, -0.2) is 4.39 Å². The first-order chi connectivity index (χ1) is 11.9. The zero-order valence-corrected chi connectivity index (χ0v) is 14.5. The summed E-state index contributed by atoms with van der Waals surface area (Å²) in [4.78, 5) is 25.4. The number of anilines is 2. The van der Waals surface area contributed by atoms with Crippen LogP contribution in [0.5, 0.6) is 5.75 Å². The summed E-state index contributed by atoms with van der Waals surface area (Å²) in [6.07, 6.45) is 0.0429. The van der Waals surface area contributed by atoms with E-state index in [1.807, 2.05) is 13.8 Å². The van der Waals surface area contributed by atoms with Crippen LogP contribution in [-0.2, 0) is 9.59 Å². The van der Waals surface area contributed by atoms with E-state index in [0.29, 0.717) is 11.4 Å². The number of carbonyl (C=O) groups excluding carboxylic acids is 2. The first-order valence-corrected chi connectivity index (χ1v) is 7.96. The van der Waals surface area contributed by atoms with Crippen LogP contribution in [0.3, 0.4) is 0 Å². The van der Waals surface area contributed by atoms with Crippen molar-refractivity contribution >= 4 is 23.2 Å². The van der Waals surface area contributed by atoms with Crippen LogP contribution < -0.4 is 15.0 Å². The molecule has 1 N–H and O–H groups in total. The van der Waals surface area contributed by atoms with E-state index >= 15 is 0 Å². The summed E-state index contributed by atoms with van der Waals surface area (Å²) in [7, 11) is 0. The van der Waals surface area contributed by atoms with Gasteiger partial charge in [0.25, 0.3) is 0 Å². The number of rotatable bonds is 6. The maximum absolute atomic E-state index is 13.6. The third kappa shape index (κ3) is 5.31. The molecule has 2 rings (SSSR count). The topological polar surface area (TPSA) is 58.6 Å². The van der Waals surface area contributed by atoms with Gasteiger partial charge in [0.15, 0.2) is 0 Å². The zero-order chi connectivity index (χ0) is 18.4. The Labute approximate surface area is 146 Å². The monoisotopic (exact) mass is 344 g/mol. The Morgan fingerprint density at radius 3 is 2.32 bits per heavy atom. The van der Waals surface area contributed by atoms with Gasteiger partial charge in [0.1, 0.15) is 18.1 Å². The highest BCUT2D eigenvalue weighted by Gasteiger charge is 2.17. The number of carbonyl (C=O) groups is 2. The maximum atomic E-state index is 13.6. The van der Waals surface area contributed by atoms with Crippen molar-refractivity contribution in [2.45, 2.75) is 26.9 Å². The van der Waals surface area contributed by atoms with Crippen LogP contribution in [0.1, 0.15) is 20.8 Å². The van der Waals surface area contributed by atoms with Gasteiger partial charge in [0.05, 0.1) is 11.8 Å². The van der Waals surface area contributed by atoms with Crippen LogP contribution in [0.25, 0.3) is 0 Å². The van der Waals surface area contributed by atoms with Crippen molar-refractivity contribution in [3.8, 4) is 5.75 Å². The average molecular weight is 344 g/mol. The van der Waals surface area contributed by atoms with Gasteiger partial charge < -0.3 is 15.0 Å². The lowest BCUT2D eigenvalue weighted by atomic mass is 10.2. The number of amides is 2. The molecule has 2 aromatic rings. The molecule has 0 unspecified atom stereocenters. The van der Waals surface area contributed by atoms with Crippen LogP contribution in [0, 0.1) is 5.82 Å². The van der Waals surface area contributed by atoms with E-state index < -0.39 is 11.7 Å². The molecule has 0 heterocycles. The predicted octanol–water partition coefficient (Wildman–Crippen LogP) is 3.60. The van der Waals surface area contributed by atoms with Crippen molar-refractivity contribution in [2.75, 3.05) is 16.8 Å². The summed E-state index contributed by atoms with van der Waals surface area (Å²) in [6.45, 7) is 4.99. The molecular formula is C19H21FN2O3. The third-order valence-electron chi connectivity index (χ3n) is 3.35. The Hall–Kier alpha value is -2.89. The highest BCUT2D eigenvalue weighted by molar-refractivity contribution is 6.01. The molecule has 0 aromatic heterocycles. The Bertz CT molecular complexity index is 745. The Kier molecular flexibility index (Phi) is 6.11. The average Bonchev–Trinajstić information content (AvgIpc) is 2.55. The van der Waals surface area contributed by atoms with Crippen LogP contribution in [0.2, 0.25) is 0 Å². The Morgan fingerprint density at radius 2 is 1.76 bits per heavy atom. The minimum atomic E-state index is -0.527. The zero-order valence-electron chi connectivity index (χ0n) is 14.5. The molecular weight excluding hydrogens is 323 g/mol. The lowest BCUT2D eigenvalue weighted by molar-refractivity contribution is -0.120. The largest absolute Gasteiger partial charge is 0.491 e. The normalized spacial score (nSPS) is 10.4. The molecule has 6 heteroatoms. The highest BCUT2D eigenvalue weighted by atomic mass is 19.1. The summed E-state index contributed by atoms with van der Waals surface area (Å²) in [5, 5.41) is 2.47. The first-order valence-electron chi connectivity index (χ1n) is 7.96. The van der Waals surface area contributed by atoms with Gasteiger partial charge in [-0.2, -0.15) is 0 Å². The number of halogens is 1. The van der Waals surface area contributed by atoms with Crippen molar-refractivity contribution < 1.29 is 18.7 Å². The predicted molar refractivity (Wildman–Crippen MR) is 95.3 cm³/mol. The summed E-state index contributed by atoms with van der Waals surface area (Å²) in [6, 6.07) is 12.8. The fourth-order valence-corrected chi connectivity index (χ4v) is 2.26. The SMILES string of the molecule is CC(=O)N(CC(=O)Nc1ccccc1F)c1ccc(OC(C)C)cc1. The molecule has 0 aliphatic heterocycles. The molecule has 0 saturated carbocycles. The number of para-hydroxylation sites is 1. The number of hydrogen-bond acceptors (Lipinski definition) is 3. The molecule has 0 spiro atoms. The van der Waals surface area contributed by atoms with Gasteiger partial charge in [0, 0.05) is 12.6 Å². The van der Waals surface area contributed by atoms with Crippen LogP contribution in [0.4, 0.5) is 15.8 Å². The summed E-state index contributed by atoms with van der Waals surface area (Å²) in [5.74, 6) is -0.623. The second kappa shape index (κ2) is 8.28. The molecule has 2 aromatic carbocycles. The molecule has 5 nitrogen and oxygen atoms in total. The van der Waals surface area contributed by atoms with E-state index in [2.05, 4.69) is 5.32 Å². The van der Waals surface area contributed by atoms with Crippen LogP contribution in [0.15, 0.2) is 48.5 Å².